The SMILES string of the molecule is COc1cc(CCN)n(C(C)C)n1. The summed E-state index contributed by atoms with van der Waals surface area (Å²) in [6.45, 7) is 4.82. The Bertz CT molecular complexity index is 268. The Morgan fingerprint density at radius 2 is 2.31 bits per heavy atom. The minimum atomic E-state index is 0.352. The number of hydrogen-bond acceptors (Lipinski definition) is 3. The second kappa shape index (κ2) is 4.28. The van der Waals surface area contributed by atoms with Gasteiger partial charge in [0.1, 0.15) is 0 Å². The lowest BCUT2D eigenvalue weighted by Gasteiger charge is -2.09. The molecule has 0 amide bonds. The topological polar surface area (TPSA) is 53.1 Å². The average Bonchev–Trinajstić information content (AvgIpc) is 2.48. The number of aromatic nitrogens is 2. The van der Waals surface area contributed by atoms with Gasteiger partial charge in [0, 0.05) is 24.2 Å². The van der Waals surface area contributed by atoms with E-state index in [9.17, 15) is 0 Å². The molecule has 4 nitrogen and oxygen atoms in total. The Hall–Kier alpha value is -1.03. The highest BCUT2D eigenvalue weighted by molar-refractivity contribution is 5.16. The molecule has 1 rings (SSSR count). The molecule has 0 spiro atoms. The van der Waals surface area contributed by atoms with Crippen LogP contribution in [0.2, 0.25) is 0 Å². The van der Waals surface area contributed by atoms with Crippen LogP contribution in [0.15, 0.2) is 6.07 Å². The molecular formula is C9H17N3O. The maximum atomic E-state index is 5.50. The van der Waals surface area contributed by atoms with Crippen LogP contribution in [0.3, 0.4) is 0 Å². The fourth-order valence-corrected chi connectivity index (χ4v) is 1.29. The van der Waals surface area contributed by atoms with E-state index in [1.165, 1.54) is 0 Å². The molecule has 4 heteroatoms. The largest absolute Gasteiger partial charge is 0.480 e. The van der Waals surface area contributed by atoms with Gasteiger partial charge < -0.3 is 10.5 Å². The van der Waals surface area contributed by atoms with Gasteiger partial charge in [-0.25, -0.2) is 0 Å². The van der Waals surface area contributed by atoms with Crippen molar-refractivity contribution in [2.24, 2.45) is 5.73 Å². The predicted molar refractivity (Wildman–Crippen MR) is 51.9 cm³/mol. The van der Waals surface area contributed by atoms with Gasteiger partial charge in [0.15, 0.2) is 0 Å². The van der Waals surface area contributed by atoms with Crippen LogP contribution in [0.25, 0.3) is 0 Å². The first-order valence-corrected chi connectivity index (χ1v) is 4.51. The van der Waals surface area contributed by atoms with Crippen LogP contribution in [0, 0.1) is 0 Å². The summed E-state index contributed by atoms with van der Waals surface area (Å²) in [5.74, 6) is 0.664. The van der Waals surface area contributed by atoms with Crippen LogP contribution < -0.4 is 10.5 Å². The summed E-state index contributed by atoms with van der Waals surface area (Å²) < 4.78 is 7.01. The van der Waals surface area contributed by atoms with Crippen LogP contribution >= 0.6 is 0 Å². The molecule has 0 unspecified atom stereocenters. The van der Waals surface area contributed by atoms with Crippen molar-refractivity contribution in [3.05, 3.63) is 11.8 Å². The van der Waals surface area contributed by atoms with E-state index >= 15 is 0 Å². The summed E-state index contributed by atoms with van der Waals surface area (Å²) in [6.07, 6.45) is 0.842. The summed E-state index contributed by atoms with van der Waals surface area (Å²) >= 11 is 0. The number of rotatable bonds is 4. The molecule has 0 fully saturated rings. The summed E-state index contributed by atoms with van der Waals surface area (Å²) in [6, 6.07) is 2.29. The summed E-state index contributed by atoms with van der Waals surface area (Å²) in [5.41, 5.74) is 6.63. The van der Waals surface area contributed by atoms with Gasteiger partial charge in [-0.15, -0.1) is 5.10 Å². The lowest BCUT2D eigenvalue weighted by molar-refractivity contribution is 0.382. The molecule has 0 aromatic carbocycles. The van der Waals surface area contributed by atoms with E-state index in [2.05, 4.69) is 18.9 Å². The first-order chi connectivity index (χ1) is 6.19. The number of nitrogens with two attached hydrogens (primary N) is 1. The lowest BCUT2D eigenvalue weighted by atomic mass is 10.3. The van der Waals surface area contributed by atoms with E-state index in [0.29, 0.717) is 18.5 Å². The van der Waals surface area contributed by atoms with Gasteiger partial charge in [0.25, 0.3) is 0 Å². The zero-order valence-corrected chi connectivity index (χ0v) is 8.45. The highest BCUT2D eigenvalue weighted by atomic mass is 16.5. The number of ether oxygens (including phenoxy) is 1. The summed E-state index contributed by atoms with van der Waals surface area (Å²) in [7, 11) is 1.62. The fourth-order valence-electron chi connectivity index (χ4n) is 1.29. The van der Waals surface area contributed by atoms with E-state index in [1.807, 2.05) is 10.7 Å². The molecule has 1 aromatic heterocycles. The second-order valence-corrected chi connectivity index (χ2v) is 3.26. The third kappa shape index (κ3) is 2.21. The minimum Gasteiger partial charge on any atom is -0.480 e. The standard InChI is InChI=1S/C9H17N3O/c1-7(2)12-8(4-5-10)6-9(11-12)13-3/h6-7H,4-5,10H2,1-3H3. The van der Waals surface area contributed by atoms with Crippen LogP contribution in [0.1, 0.15) is 25.6 Å². The van der Waals surface area contributed by atoms with Crippen molar-refractivity contribution in [1.29, 1.82) is 0 Å². The Labute approximate surface area is 78.7 Å². The van der Waals surface area contributed by atoms with Crippen LogP contribution in [0.4, 0.5) is 0 Å². The molecule has 1 heterocycles. The van der Waals surface area contributed by atoms with E-state index in [-0.39, 0.29) is 0 Å². The van der Waals surface area contributed by atoms with Crippen molar-refractivity contribution >= 4 is 0 Å². The summed E-state index contributed by atoms with van der Waals surface area (Å²) in [4.78, 5) is 0. The number of nitrogens with zero attached hydrogens (tertiary/aromatic N) is 2. The average molecular weight is 183 g/mol. The quantitative estimate of drug-likeness (QED) is 0.756. The van der Waals surface area contributed by atoms with Gasteiger partial charge in [0.05, 0.1) is 7.11 Å². The molecule has 0 atom stereocenters. The first kappa shape index (κ1) is 10.1. The van der Waals surface area contributed by atoms with Gasteiger partial charge >= 0.3 is 0 Å². The molecular weight excluding hydrogens is 166 g/mol. The Morgan fingerprint density at radius 3 is 2.77 bits per heavy atom. The Morgan fingerprint density at radius 1 is 1.62 bits per heavy atom. The van der Waals surface area contributed by atoms with Gasteiger partial charge in [-0.05, 0) is 20.4 Å². The maximum absolute atomic E-state index is 5.50. The van der Waals surface area contributed by atoms with Crippen molar-refractivity contribution in [1.82, 2.24) is 9.78 Å². The monoisotopic (exact) mass is 183 g/mol. The number of hydrogen-bond donors (Lipinski definition) is 1. The van der Waals surface area contributed by atoms with Gasteiger partial charge in [-0.1, -0.05) is 0 Å². The van der Waals surface area contributed by atoms with Crippen LogP contribution in [0.5, 0.6) is 5.88 Å². The highest BCUT2D eigenvalue weighted by Crippen LogP contribution is 2.16. The normalized spacial score (nSPS) is 10.8. The third-order valence-corrected chi connectivity index (χ3v) is 1.89. The lowest BCUT2D eigenvalue weighted by Crippen LogP contribution is -2.11. The first-order valence-electron chi connectivity index (χ1n) is 4.51. The minimum absolute atomic E-state index is 0.352. The van der Waals surface area contributed by atoms with E-state index in [1.54, 1.807) is 7.11 Å². The summed E-state index contributed by atoms with van der Waals surface area (Å²) in [5, 5.41) is 4.29. The maximum Gasteiger partial charge on any atom is 0.232 e. The number of methoxy groups -OCH3 is 1. The molecule has 1 aromatic rings. The fraction of sp³-hybridized carbons (Fsp3) is 0.667. The second-order valence-electron chi connectivity index (χ2n) is 3.26. The zero-order chi connectivity index (χ0) is 9.84. The smallest absolute Gasteiger partial charge is 0.232 e. The van der Waals surface area contributed by atoms with Crippen molar-refractivity contribution in [3.63, 3.8) is 0 Å². The van der Waals surface area contributed by atoms with Gasteiger partial charge in [0.2, 0.25) is 5.88 Å². The molecule has 74 valence electrons. The molecule has 0 radical (unpaired) electrons. The molecule has 0 saturated heterocycles. The molecule has 13 heavy (non-hydrogen) atoms. The predicted octanol–water partition coefficient (Wildman–Crippen LogP) is 0.974. The molecule has 0 aliphatic carbocycles. The zero-order valence-electron chi connectivity index (χ0n) is 8.45. The van der Waals surface area contributed by atoms with E-state index in [4.69, 9.17) is 10.5 Å². The third-order valence-electron chi connectivity index (χ3n) is 1.89. The van der Waals surface area contributed by atoms with Gasteiger partial charge in [-0.2, -0.15) is 0 Å². The van der Waals surface area contributed by atoms with Crippen molar-refractivity contribution < 1.29 is 4.74 Å². The van der Waals surface area contributed by atoms with Crippen molar-refractivity contribution in [3.8, 4) is 5.88 Å². The molecule has 2 N–H and O–H groups in total. The molecule has 0 saturated carbocycles. The van der Waals surface area contributed by atoms with Crippen LogP contribution in [-0.2, 0) is 6.42 Å². The van der Waals surface area contributed by atoms with Gasteiger partial charge in [-0.3, -0.25) is 4.68 Å². The Kier molecular flexibility index (Phi) is 3.31. The van der Waals surface area contributed by atoms with Crippen LogP contribution in [-0.4, -0.2) is 23.4 Å². The Balaban J connectivity index is 2.93. The van der Waals surface area contributed by atoms with Crippen molar-refractivity contribution in [2.45, 2.75) is 26.3 Å². The van der Waals surface area contributed by atoms with Crippen molar-refractivity contribution in [2.75, 3.05) is 13.7 Å². The molecule has 0 bridgehead atoms. The van der Waals surface area contributed by atoms with E-state index in [0.717, 1.165) is 12.1 Å². The molecule has 0 aliphatic heterocycles. The van der Waals surface area contributed by atoms with E-state index < -0.39 is 0 Å². The highest BCUT2D eigenvalue weighted by Gasteiger charge is 2.09. The molecule has 0 aliphatic rings.